The van der Waals surface area contributed by atoms with Crippen molar-refractivity contribution in [1.29, 1.82) is 0 Å². The normalized spacial score (nSPS) is 20.0. The first-order valence-electron chi connectivity index (χ1n) is 8.32. The summed E-state index contributed by atoms with van der Waals surface area (Å²) in [5.74, 6) is 0.908. The lowest BCUT2D eigenvalue weighted by molar-refractivity contribution is 0.0522. The molecule has 2 unspecified atom stereocenters. The van der Waals surface area contributed by atoms with Crippen LogP contribution in [0.25, 0.3) is 0 Å². The molecule has 1 aliphatic carbocycles. The second-order valence-electron chi connectivity index (χ2n) is 6.97. The van der Waals surface area contributed by atoms with Gasteiger partial charge in [0.25, 0.3) is 0 Å². The second kappa shape index (κ2) is 7.68. The molecule has 5 nitrogen and oxygen atoms in total. The van der Waals surface area contributed by atoms with E-state index in [4.69, 9.17) is 9.47 Å². The van der Waals surface area contributed by atoms with Crippen molar-refractivity contribution in [2.75, 3.05) is 6.61 Å². The number of benzene rings is 1. The zero-order chi connectivity index (χ0) is 16.9. The van der Waals surface area contributed by atoms with Gasteiger partial charge in [-0.05, 0) is 51.3 Å². The number of hydrogen-bond acceptors (Lipinski definition) is 4. The van der Waals surface area contributed by atoms with Crippen molar-refractivity contribution in [1.82, 2.24) is 10.6 Å². The van der Waals surface area contributed by atoms with Gasteiger partial charge >= 0.3 is 6.09 Å². The van der Waals surface area contributed by atoms with Crippen molar-refractivity contribution in [3.63, 3.8) is 0 Å². The number of amides is 1. The summed E-state index contributed by atoms with van der Waals surface area (Å²) in [6.07, 6.45) is 1.59. The molecular formula is C18H28N2O3. The lowest BCUT2D eigenvalue weighted by atomic mass is 10.2. The highest BCUT2D eigenvalue weighted by atomic mass is 16.6. The van der Waals surface area contributed by atoms with E-state index in [2.05, 4.69) is 29.7 Å². The summed E-state index contributed by atoms with van der Waals surface area (Å²) < 4.78 is 10.9. The highest BCUT2D eigenvalue weighted by molar-refractivity contribution is 5.68. The number of hydrogen-bond donors (Lipinski definition) is 2. The monoisotopic (exact) mass is 320 g/mol. The van der Waals surface area contributed by atoms with E-state index >= 15 is 0 Å². The fraction of sp³-hybridized carbons (Fsp3) is 0.611. The van der Waals surface area contributed by atoms with Gasteiger partial charge in [-0.2, -0.15) is 0 Å². The molecule has 5 heteroatoms. The van der Waals surface area contributed by atoms with Gasteiger partial charge < -0.3 is 20.1 Å². The van der Waals surface area contributed by atoms with Crippen molar-refractivity contribution in [3.8, 4) is 5.75 Å². The van der Waals surface area contributed by atoms with Crippen LogP contribution in [0.1, 0.15) is 46.1 Å². The Morgan fingerprint density at radius 3 is 2.78 bits per heavy atom. The van der Waals surface area contributed by atoms with Gasteiger partial charge in [0, 0.05) is 18.6 Å². The molecule has 2 rings (SSSR count). The molecule has 0 spiro atoms. The molecule has 2 atom stereocenters. The minimum absolute atomic E-state index is 0.157. The number of ether oxygens (including phenoxy) is 2. The predicted molar refractivity (Wildman–Crippen MR) is 90.6 cm³/mol. The number of carbonyl (C=O) groups is 1. The van der Waals surface area contributed by atoms with E-state index in [0.717, 1.165) is 31.7 Å². The fourth-order valence-electron chi connectivity index (χ4n) is 2.25. The van der Waals surface area contributed by atoms with Gasteiger partial charge in [-0.3, -0.25) is 0 Å². The quantitative estimate of drug-likeness (QED) is 0.810. The van der Waals surface area contributed by atoms with Crippen LogP contribution in [-0.4, -0.2) is 30.4 Å². The van der Waals surface area contributed by atoms with E-state index in [1.54, 1.807) is 0 Å². The second-order valence-corrected chi connectivity index (χ2v) is 6.97. The molecule has 1 aromatic rings. The fourth-order valence-corrected chi connectivity index (χ4v) is 2.25. The van der Waals surface area contributed by atoms with Crippen LogP contribution in [-0.2, 0) is 11.3 Å². The number of rotatable bonds is 7. The minimum atomic E-state index is -0.458. The van der Waals surface area contributed by atoms with Gasteiger partial charge in [0.15, 0.2) is 0 Å². The SMILES string of the molecule is CCCOc1cccc(CNC2CC2NC(=O)OC(C)(C)C)c1. The maximum absolute atomic E-state index is 11.7. The first kappa shape index (κ1) is 17.6. The van der Waals surface area contributed by atoms with Crippen molar-refractivity contribution in [2.24, 2.45) is 0 Å². The average molecular weight is 320 g/mol. The van der Waals surface area contributed by atoms with Crippen LogP contribution in [0, 0.1) is 0 Å². The van der Waals surface area contributed by atoms with Gasteiger partial charge in [-0.1, -0.05) is 19.1 Å². The molecule has 0 bridgehead atoms. The molecule has 1 aliphatic rings. The highest BCUT2D eigenvalue weighted by Gasteiger charge is 2.38. The maximum atomic E-state index is 11.7. The van der Waals surface area contributed by atoms with Crippen molar-refractivity contribution in [2.45, 2.75) is 64.8 Å². The average Bonchev–Trinajstić information content (AvgIpc) is 3.19. The van der Waals surface area contributed by atoms with Crippen molar-refractivity contribution >= 4 is 6.09 Å². The van der Waals surface area contributed by atoms with Gasteiger partial charge in [0.2, 0.25) is 0 Å². The molecule has 0 heterocycles. The molecule has 1 amide bonds. The summed E-state index contributed by atoms with van der Waals surface area (Å²) in [4.78, 5) is 11.7. The van der Waals surface area contributed by atoms with Gasteiger partial charge in [-0.15, -0.1) is 0 Å². The summed E-state index contributed by atoms with van der Waals surface area (Å²) in [5, 5.41) is 6.34. The maximum Gasteiger partial charge on any atom is 0.407 e. The lowest BCUT2D eigenvalue weighted by Gasteiger charge is -2.19. The van der Waals surface area contributed by atoms with E-state index in [1.807, 2.05) is 32.9 Å². The third-order valence-corrected chi connectivity index (χ3v) is 3.43. The molecule has 0 aromatic heterocycles. The standard InChI is InChI=1S/C18H28N2O3/c1-5-9-22-14-8-6-7-13(10-14)12-19-15-11-16(15)20-17(21)23-18(2,3)4/h6-8,10,15-16,19H,5,9,11-12H2,1-4H3,(H,20,21). The Labute approximate surface area is 138 Å². The molecule has 0 saturated heterocycles. The molecular weight excluding hydrogens is 292 g/mol. The first-order valence-corrected chi connectivity index (χ1v) is 8.32. The zero-order valence-electron chi connectivity index (χ0n) is 14.5. The summed E-state index contributed by atoms with van der Waals surface area (Å²) >= 11 is 0. The van der Waals surface area contributed by atoms with Crippen LogP contribution in [0.5, 0.6) is 5.75 Å². The number of carbonyl (C=O) groups excluding carboxylic acids is 1. The van der Waals surface area contributed by atoms with E-state index < -0.39 is 5.60 Å². The van der Waals surface area contributed by atoms with Crippen molar-refractivity contribution in [3.05, 3.63) is 29.8 Å². The first-order chi connectivity index (χ1) is 10.9. The van der Waals surface area contributed by atoms with E-state index in [-0.39, 0.29) is 12.1 Å². The summed E-state index contributed by atoms with van der Waals surface area (Å²) in [6.45, 7) is 9.19. The van der Waals surface area contributed by atoms with Crippen molar-refractivity contribution < 1.29 is 14.3 Å². The van der Waals surface area contributed by atoms with Crippen LogP contribution >= 0.6 is 0 Å². The Morgan fingerprint density at radius 1 is 1.30 bits per heavy atom. The molecule has 2 N–H and O–H groups in total. The van der Waals surface area contributed by atoms with Gasteiger partial charge in [-0.25, -0.2) is 4.79 Å². The Morgan fingerprint density at radius 2 is 2.09 bits per heavy atom. The van der Waals surface area contributed by atoms with Crippen LogP contribution < -0.4 is 15.4 Å². The topological polar surface area (TPSA) is 59.6 Å². The third kappa shape index (κ3) is 6.48. The molecule has 1 fully saturated rings. The molecule has 0 aliphatic heterocycles. The summed E-state index contributed by atoms with van der Waals surface area (Å²) in [6, 6.07) is 8.58. The Bertz CT molecular complexity index is 525. The van der Waals surface area contributed by atoms with E-state index in [9.17, 15) is 4.79 Å². The number of alkyl carbamates (subject to hydrolysis) is 1. The predicted octanol–water partition coefficient (Wildman–Crippen LogP) is 3.23. The Balaban J connectivity index is 1.71. The van der Waals surface area contributed by atoms with Crippen LogP contribution in [0.2, 0.25) is 0 Å². The highest BCUT2D eigenvalue weighted by Crippen LogP contribution is 2.23. The van der Waals surface area contributed by atoms with E-state index in [0.29, 0.717) is 6.04 Å². The van der Waals surface area contributed by atoms with Crippen LogP contribution in [0.4, 0.5) is 4.79 Å². The molecule has 0 radical (unpaired) electrons. The molecule has 128 valence electrons. The molecule has 1 aromatic carbocycles. The Kier molecular flexibility index (Phi) is 5.88. The largest absolute Gasteiger partial charge is 0.494 e. The van der Waals surface area contributed by atoms with Crippen LogP contribution in [0.3, 0.4) is 0 Å². The minimum Gasteiger partial charge on any atom is -0.494 e. The third-order valence-electron chi connectivity index (χ3n) is 3.43. The summed E-state index contributed by atoms with van der Waals surface area (Å²) in [7, 11) is 0. The van der Waals surface area contributed by atoms with Gasteiger partial charge in [0.1, 0.15) is 11.4 Å². The van der Waals surface area contributed by atoms with Crippen LogP contribution in [0.15, 0.2) is 24.3 Å². The number of nitrogens with one attached hydrogen (secondary N) is 2. The van der Waals surface area contributed by atoms with Gasteiger partial charge in [0.05, 0.1) is 6.61 Å². The van der Waals surface area contributed by atoms with E-state index in [1.165, 1.54) is 5.56 Å². The lowest BCUT2D eigenvalue weighted by Crippen LogP contribution is -2.36. The smallest absolute Gasteiger partial charge is 0.407 e. The Hall–Kier alpha value is -1.75. The molecule has 23 heavy (non-hydrogen) atoms. The summed E-state index contributed by atoms with van der Waals surface area (Å²) in [5.41, 5.74) is 0.724. The molecule has 1 saturated carbocycles. The zero-order valence-corrected chi connectivity index (χ0v) is 14.5.